The Morgan fingerprint density at radius 1 is 1.41 bits per heavy atom. The fourth-order valence-corrected chi connectivity index (χ4v) is 1.80. The number of methoxy groups -OCH3 is 1. The van der Waals surface area contributed by atoms with Gasteiger partial charge in [0.15, 0.2) is 5.69 Å². The summed E-state index contributed by atoms with van der Waals surface area (Å²) in [4.78, 5) is 26.5. The van der Waals surface area contributed by atoms with Crippen LogP contribution in [0.15, 0.2) is 0 Å². The standard InChI is InChI=1S/C10H14N2O4S/c1-10(2,3)12-7(13)5-6(8(14)15)17-9(11-5)16-4/h1-4H3,(H,12,13)(H,14,15). The van der Waals surface area contributed by atoms with Gasteiger partial charge in [0.1, 0.15) is 4.88 Å². The van der Waals surface area contributed by atoms with Crippen molar-refractivity contribution in [2.24, 2.45) is 0 Å². The van der Waals surface area contributed by atoms with Crippen LogP contribution in [0.4, 0.5) is 0 Å². The lowest BCUT2D eigenvalue weighted by molar-refractivity contribution is 0.0694. The number of aromatic carboxylic acids is 1. The van der Waals surface area contributed by atoms with E-state index in [4.69, 9.17) is 9.84 Å². The van der Waals surface area contributed by atoms with Crippen LogP contribution in [0.1, 0.15) is 40.9 Å². The molecule has 1 heterocycles. The Bertz CT molecular complexity index is 448. The van der Waals surface area contributed by atoms with Gasteiger partial charge < -0.3 is 15.2 Å². The minimum absolute atomic E-state index is 0.116. The second-order valence-electron chi connectivity index (χ2n) is 4.37. The van der Waals surface area contributed by atoms with Crippen LogP contribution in [-0.2, 0) is 0 Å². The quantitative estimate of drug-likeness (QED) is 0.855. The van der Waals surface area contributed by atoms with Crippen molar-refractivity contribution < 1.29 is 19.4 Å². The maximum atomic E-state index is 11.8. The van der Waals surface area contributed by atoms with Gasteiger partial charge in [-0.25, -0.2) is 4.79 Å². The third-order valence-electron chi connectivity index (χ3n) is 1.68. The van der Waals surface area contributed by atoms with Gasteiger partial charge >= 0.3 is 5.97 Å². The van der Waals surface area contributed by atoms with Crippen molar-refractivity contribution in [3.63, 3.8) is 0 Å². The molecule has 1 aromatic heterocycles. The van der Waals surface area contributed by atoms with Crippen molar-refractivity contribution in [1.82, 2.24) is 10.3 Å². The van der Waals surface area contributed by atoms with Gasteiger partial charge in [0.2, 0.25) is 0 Å². The zero-order valence-electron chi connectivity index (χ0n) is 10.0. The average Bonchev–Trinajstić information content (AvgIpc) is 2.58. The molecule has 0 aliphatic carbocycles. The van der Waals surface area contributed by atoms with E-state index in [9.17, 15) is 9.59 Å². The smallest absolute Gasteiger partial charge is 0.348 e. The van der Waals surface area contributed by atoms with Crippen LogP contribution in [0.25, 0.3) is 0 Å². The molecule has 0 atom stereocenters. The summed E-state index contributed by atoms with van der Waals surface area (Å²) in [6.07, 6.45) is 0. The van der Waals surface area contributed by atoms with Gasteiger partial charge in [-0.05, 0) is 20.8 Å². The summed E-state index contributed by atoms with van der Waals surface area (Å²) < 4.78 is 4.83. The number of nitrogens with zero attached hydrogens (tertiary/aromatic N) is 1. The molecule has 0 radical (unpaired) electrons. The average molecular weight is 258 g/mol. The number of carbonyl (C=O) groups excluding carboxylic acids is 1. The molecule has 0 fully saturated rings. The molecule has 1 amide bonds. The maximum Gasteiger partial charge on any atom is 0.348 e. The fraction of sp³-hybridized carbons (Fsp3) is 0.500. The van der Waals surface area contributed by atoms with Crippen LogP contribution in [-0.4, -0.2) is 34.6 Å². The minimum Gasteiger partial charge on any atom is -0.477 e. The number of carboxylic acids is 1. The van der Waals surface area contributed by atoms with Crippen LogP contribution in [0, 0.1) is 0 Å². The summed E-state index contributed by atoms with van der Waals surface area (Å²) in [5.41, 5.74) is -0.571. The minimum atomic E-state index is -1.19. The van der Waals surface area contributed by atoms with E-state index in [2.05, 4.69) is 10.3 Å². The molecule has 1 rings (SSSR count). The maximum absolute atomic E-state index is 11.8. The Morgan fingerprint density at radius 2 is 2.00 bits per heavy atom. The molecule has 17 heavy (non-hydrogen) atoms. The van der Waals surface area contributed by atoms with E-state index in [0.29, 0.717) is 0 Å². The molecule has 0 saturated carbocycles. The summed E-state index contributed by atoms with van der Waals surface area (Å²) >= 11 is 0.828. The lowest BCUT2D eigenvalue weighted by Crippen LogP contribution is -2.41. The van der Waals surface area contributed by atoms with Crippen molar-refractivity contribution in [3.8, 4) is 5.19 Å². The van der Waals surface area contributed by atoms with E-state index in [-0.39, 0.29) is 15.8 Å². The molecule has 6 nitrogen and oxygen atoms in total. The molecule has 0 aliphatic rings. The molecule has 0 unspecified atom stereocenters. The Balaban J connectivity index is 3.08. The number of aromatic nitrogens is 1. The first kappa shape index (κ1) is 13.4. The van der Waals surface area contributed by atoms with Crippen molar-refractivity contribution in [1.29, 1.82) is 0 Å². The monoisotopic (exact) mass is 258 g/mol. The summed E-state index contributed by atoms with van der Waals surface area (Å²) in [5, 5.41) is 11.8. The predicted octanol–water partition coefficient (Wildman–Crippen LogP) is 1.38. The Labute approximate surface area is 103 Å². The molecular formula is C10H14N2O4S. The highest BCUT2D eigenvalue weighted by atomic mass is 32.1. The molecule has 2 N–H and O–H groups in total. The summed E-state index contributed by atoms with van der Waals surface area (Å²) in [7, 11) is 1.37. The zero-order valence-corrected chi connectivity index (χ0v) is 10.8. The fourth-order valence-electron chi connectivity index (χ4n) is 1.09. The highest BCUT2D eigenvalue weighted by Crippen LogP contribution is 2.25. The molecule has 0 aromatic carbocycles. The lowest BCUT2D eigenvalue weighted by Gasteiger charge is -2.19. The molecule has 0 aliphatic heterocycles. The van der Waals surface area contributed by atoms with Crippen molar-refractivity contribution >= 4 is 23.2 Å². The Morgan fingerprint density at radius 3 is 2.41 bits per heavy atom. The number of thiazole rings is 1. The van der Waals surface area contributed by atoms with Gasteiger partial charge in [0.25, 0.3) is 11.1 Å². The van der Waals surface area contributed by atoms with Gasteiger partial charge in [-0.1, -0.05) is 11.3 Å². The summed E-state index contributed by atoms with van der Waals surface area (Å²) in [5.74, 6) is -1.71. The molecular weight excluding hydrogens is 244 g/mol. The molecule has 94 valence electrons. The first-order valence-corrected chi connectivity index (χ1v) is 5.67. The largest absolute Gasteiger partial charge is 0.477 e. The van der Waals surface area contributed by atoms with Crippen molar-refractivity contribution in [3.05, 3.63) is 10.6 Å². The Hall–Kier alpha value is -1.63. The second-order valence-corrected chi connectivity index (χ2v) is 5.33. The number of hydrogen-bond acceptors (Lipinski definition) is 5. The number of hydrogen-bond donors (Lipinski definition) is 2. The van der Waals surface area contributed by atoms with E-state index in [1.165, 1.54) is 7.11 Å². The third kappa shape index (κ3) is 3.42. The number of carbonyl (C=O) groups is 2. The topological polar surface area (TPSA) is 88.5 Å². The second kappa shape index (κ2) is 4.70. The van der Waals surface area contributed by atoms with Crippen LogP contribution >= 0.6 is 11.3 Å². The number of rotatable bonds is 3. The van der Waals surface area contributed by atoms with Gasteiger partial charge in [-0.3, -0.25) is 4.79 Å². The molecule has 1 aromatic rings. The number of carboxylic acid groups (broad SMARTS) is 1. The van der Waals surface area contributed by atoms with Crippen molar-refractivity contribution in [2.75, 3.05) is 7.11 Å². The highest BCUT2D eigenvalue weighted by Gasteiger charge is 2.26. The van der Waals surface area contributed by atoms with E-state index in [1.54, 1.807) is 20.8 Å². The van der Waals surface area contributed by atoms with E-state index >= 15 is 0 Å². The number of ether oxygens (including phenoxy) is 1. The highest BCUT2D eigenvalue weighted by molar-refractivity contribution is 7.15. The number of nitrogens with one attached hydrogen (secondary N) is 1. The van der Waals surface area contributed by atoms with Gasteiger partial charge in [-0.2, -0.15) is 4.98 Å². The molecule has 0 bridgehead atoms. The van der Waals surface area contributed by atoms with Gasteiger partial charge in [0.05, 0.1) is 7.11 Å². The molecule has 7 heteroatoms. The lowest BCUT2D eigenvalue weighted by atomic mass is 10.1. The Kier molecular flexibility index (Phi) is 3.72. The normalized spacial score (nSPS) is 11.1. The van der Waals surface area contributed by atoms with Gasteiger partial charge in [-0.15, -0.1) is 0 Å². The number of amides is 1. The van der Waals surface area contributed by atoms with Crippen LogP contribution in [0.2, 0.25) is 0 Å². The van der Waals surface area contributed by atoms with E-state index in [1.807, 2.05) is 0 Å². The first-order valence-electron chi connectivity index (χ1n) is 4.85. The van der Waals surface area contributed by atoms with Crippen LogP contribution in [0.3, 0.4) is 0 Å². The van der Waals surface area contributed by atoms with Crippen molar-refractivity contribution in [2.45, 2.75) is 26.3 Å². The van der Waals surface area contributed by atoms with Crippen LogP contribution in [0.5, 0.6) is 5.19 Å². The zero-order chi connectivity index (χ0) is 13.2. The molecule has 0 spiro atoms. The third-order valence-corrected chi connectivity index (χ3v) is 2.68. The van der Waals surface area contributed by atoms with E-state index < -0.39 is 17.4 Å². The molecule has 0 saturated heterocycles. The predicted molar refractivity (Wildman–Crippen MR) is 62.8 cm³/mol. The van der Waals surface area contributed by atoms with Gasteiger partial charge in [0, 0.05) is 5.54 Å². The van der Waals surface area contributed by atoms with Crippen LogP contribution < -0.4 is 10.1 Å². The first-order chi connectivity index (χ1) is 7.74. The van der Waals surface area contributed by atoms with E-state index in [0.717, 1.165) is 11.3 Å². The SMILES string of the molecule is COc1nc(C(=O)NC(C)(C)C)c(C(=O)O)s1. The summed E-state index contributed by atoms with van der Waals surface area (Å²) in [6.45, 7) is 5.40. The summed E-state index contributed by atoms with van der Waals surface area (Å²) in [6, 6.07) is 0.